The number of aliphatic hydroxyl groups excluding tert-OH is 2. The van der Waals surface area contributed by atoms with Gasteiger partial charge in [-0.2, -0.15) is 0 Å². The molecule has 1 rings (SSSR count). The van der Waals surface area contributed by atoms with Gasteiger partial charge in [0.15, 0.2) is 0 Å². The lowest BCUT2D eigenvalue weighted by Gasteiger charge is -2.26. The summed E-state index contributed by atoms with van der Waals surface area (Å²) in [5, 5.41) is 23.4. The van der Waals surface area contributed by atoms with Crippen molar-refractivity contribution in [1.82, 2.24) is 5.32 Å². The summed E-state index contributed by atoms with van der Waals surface area (Å²) in [4.78, 5) is 0. The minimum absolute atomic E-state index is 0.182. The predicted octanol–water partition coefficient (Wildman–Crippen LogP) is 2.07. The molecular weight excluding hydrogens is 214 g/mol. The maximum atomic E-state index is 10.1. The Morgan fingerprint density at radius 2 is 1.76 bits per heavy atom. The van der Waals surface area contributed by atoms with E-state index >= 15 is 0 Å². The van der Waals surface area contributed by atoms with Crippen molar-refractivity contribution in [1.29, 1.82) is 0 Å². The normalized spacial score (nSPS) is 28.1. The highest BCUT2D eigenvalue weighted by Gasteiger charge is 2.23. The van der Waals surface area contributed by atoms with Gasteiger partial charge in [0.05, 0.1) is 12.2 Å². The van der Waals surface area contributed by atoms with Crippen molar-refractivity contribution in [2.24, 2.45) is 5.92 Å². The summed E-state index contributed by atoms with van der Waals surface area (Å²) in [6.07, 6.45) is 7.02. The molecular formula is C14H29NO2. The van der Waals surface area contributed by atoms with Gasteiger partial charge in [0.1, 0.15) is 0 Å². The summed E-state index contributed by atoms with van der Waals surface area (Å²) < 4.78 is 0. The van der Waals surface area contributed by atoms with Gasteiger partial charge in [-0.15, -0.1) is 0 Å². The van der Waals surface area contributed by atoms with Crippen LogP contribution in [0.25, 0.3) is 0 Å². The average molecular weight is 243 g/mol. The number of hydrogen-bond donors (Lipinski definition) is 3. The molecule has 3 N–H and O–H groups in total. The maximum absolute atomic E-state index is 10.1. The standard InChI is InChI=1S/C14H29NO2/c1-3-11(4-2)14(17)10-15-12-8-6-5-7-9-13(12)16/h11-17H,3-10H2,1-2H3. The SMILES string of the molecule is CCC(CC)C(O)CNC1CCCCCC1O. The van der Waals surface area contributed by atoms with E-state index in [0.717, 1.165) is 32.1 Å². The average Bonchev–Trinajstić information content (AvgIpc) is 2.53. The van der Waals surface area contributed by atoms with E-state index in [4.69, 9.17) is 0 Å². The van der Waals surface area contributed by atoms with E-state index in [2.05, 4.69) is 19.2 Å². The molecule has 0 aliphatic heterocycles. The Morgan fingerprint density at radius 3 is 2.41 bits per heavy atom. The Balaban J connectivity index is 2.32. The molecule has 1 saturated carbocycles. The molecule has 0 spiro atoms. The lowest BCUT2D eigenvalue weighted by molar-refractivity contribution is 0.0771. The predicted molar refractivity (Wildman–Crippen MR) is 71.0 cm³/mol. The molecule has 0 bridgehead atoms. The van der Waals surface area contributed by atoms with Crippen LogP contribution in [0.3, 0.4) is 0 Å². The van der Waals surface area contributed by atoms with Crippen LogP contribution in [0.1, 0.15) is 58.8 Å². The van der Waals surface area contributed by atoms with Gasteiger partial charge >= 0.3 is 0 Å². The van der Waals surface area contributed by atoms with Crippen molar-refractivity contribution in [3.8, 4) is 0 Å². The number of rotatable bonds is 6. The molecule has 0 saturated heterocycles. The Labute approximate surface area is 106 Å². The lowest BCUT2D eigenvalue weighted by Crippen LogP contribution is -2.44. The van der Waals surface area contributed by atoms with Crippen LogP contribution in [0.4, 0.5) is 0 Å². The van der Waals surface area contributed by atoms with E-state index in [-0.39, 0.29) is 18.2 Å². The third-order valence-corrected chi connectivity index (χ3v) is 4.16. The molecule has 1 aliphatic carbocycles. The lowest BCUT2D eigenvalue weighted by atomic mass is 9.96. The zero-order valence-corrected chi connectivity index (χ0v) is 11.4. The molecule has 0 amide bonds. The zero-order chi connectivity index (χ0) is 12.7. The molecule has 0 heterocycles. The molecule has 3 heteroatoms. The highest BCUT2D eigenvalue weighted by molar-refractivity contribution is 4.81. The largest absolute Gasteiger partial charge is 0.392 e. The van der Waals surface area contributed by atoms with Gasteiger partial charge in [0, 0.05) is 12.6 Å². The van der Waals surface area contributed by atoms with Gasteiger partial charge in [-0.1, -0.05) is 46.0 Å². The van der Waals surface area contributed by atoms with Gasteiger partial charge < -0.3 is 15.5 Å². The molecule has 0 aromatic carbocycles. The second kappa shape index (κ2) is 8.06. The third-order valence-electron chi connectivity index (χ3n) is 4.16. The number of nitrogens with one attached hydrogen (secondary N) is 1. The Kier molecular flexibility index (Phi) is 7.09. The first-order chi connectivity index (χ1) is 8.19. The Bertz CT molecular complexity index is 195. The first-order valence-corrected chi connectivity index (χ1v) is 7.28. The zero-order valence-electron chi connectivity index (χ0n) is 11.4. The van der Waals surface area contributed by atoms with Crippen molar-refractivity contribution >= 4 is 0 Å². The van der Waals surface area contributed by atoms with Gasteiger partial charge in [-0.05, 0) is 18.8 Å². The molecule has 1 fully saturated rings. The van der Waals surface area contributed by atoms with Crippen molar-refractivity contribution < 1.29 is 10.2 Å². The minimum Gasteiger partial charge on any atom is -0.392 e. The molecule has 0 aromatic rings. The van der Waals surface area contributed by atoms with Crippen LogP contribution in [0.2, 0.25) is 0 Å². The van der Waals surface area contributed by atoms with E-state index in [1.807, 2.05) is 0 Å². The summed E-state index contributed by atoms with van der Waals surface area (Å²) in [6.45, 7) is 4.86. The van der Waals surface area contributed by atoms with Crippen LogP contribution in [-0.4, -0.2) is 35.0 Å². The minimum atomic E-state index is -0.277. The highest BCUT2D eigenvalue weighted by atomic mass is 16.3. The Hall–Kier alpha value is -0.120. The van der Waals surface area contributed by atoms with Crippen LogP contribution in [0.5, 0.6) is 0 Å². The van der Waals surface area contributed by atoms with E-state index in [1.165, 1.54) is 12.8 Å². The maximum Gasteiger partial charge on any atom is 0.0693 e. The summed E-state index contributed by atoms with van der Waals surface area (Å²) >= 11 is 0. The van der Waals surface area contributed by atoms with Gasteiger partial charge in [-0.25, -0.2) is 0 Å². The Morgan fingerprint density at radius 1 is 1.12 bits per heavy atom. The van der Waals surface area contributed by atoms with E-state index < -0.39 is 0 Å². The molecule has 3 atom stereocenters. The van der Waals surface area contributed by atoms with Crippen molar-refractivity contribution in [2.75, 3.05) is 6.54 Å². The number of aliphatic hydroxyl groups is 2. The molecule has 0 radical (unpaired) electrons. The summed E-state index contributed by atoms with van der Waals surface area (Å²) in [6, 6.07) is 0.182. The molecule has 102 valence electrons. The van der Waals surface area contributed by atoms with Crippen LogP contribution in [0.15, 0.2) is 0 Å². The van der Waals surface area contributed by atoms with Crippen LogP contribution in [0, 0.1) is 5.92 Å². The fraction of sp³-hybridized carbons (Fsp3) is 1.00. The van der Waals surface area contributed by atoms with Crippen LogP contribution < -0.4 is 5.32 Å². The van der Waals surface area contributed by atoms with E-state index in [0.29, 0.717) is 12.5 Å². The topological polar surface area (TPSA) is 52.5 Å². The summed E-state index contributed by atoms with van der Waals surface area (Å²) in [5.74, 6) is 0.380. The quantitative estimate of drug-likeness (QED) is 0.626. The molecule has 3 unspecified atom stereocenters. The van der Waals surface area contributed by atoms with Crippen LogP contribution >= 0.6 is 0 Å². The summed E-state index contributed by atoms with van der Waals surface area (Å²) in [5.41, 5.74) is 0. The monoisotopic (exact) mass is 243 g/mol. The number of hydrogen-bond acceptors (Lipinski definition) is 3. The van der Waals surface area contributed by atoms with E-state index in [1.54, 1.807) is 0 Å². The van der Waals surface area contributed by atoms with Crippen molar-refractivity contribution in [2.45, 2.75) is 77.0 Å². The molecule has 3 nitrogen and oxygen atoms in total. The first-order valence-electron chi connectivity index (χ1n) is 7.28. The first kappa shape index (κ1) is 14.9. The van der Waals surface area contributed by atoms with Crippen molar-refractivity contribution in [3.63, 3.8) is 0 Å². The molecule has 1 aliphatic rings. The second-order valence-electron chi connectivity index (χ2n) is 5.36. The van der Waals surface area contributed by atoms with E-state index in [9.17, 15) is 10.2 Å². The second-order valence-corrected chi connectivity index (χ2v) is 5.36. The smallest absolute Gasteiger partial charge is 0.0693 e. The van der Waals surface area contributed by atoms with Gasteiger partial charge in [0.25, 0.3) is 0 Å². The van der Waals surface area contributed by atoms with Gasteiger partial charge in [-0.3, -0.25) is 0 Å². The fourth-order valence-electron chi connectivity index (χ4n) is 2.80. The van der Waals surface area contributed by atoms with Crippen molar-refractivity contribution in [3.05, 3.63) is 0 Å². The molecule has 0 aromatic heterocycles. The highest BCUT2D eigenvalue weighted by Crippen LogP contribution is 2.19. The van der Waals surface area contributed by atoms with Gasteiger partial charge in [0.2, 0.25) is 0 Å². The summed E-state index contributed by atoms with van der Waals surface area (Å²) in [7, 11) is 0. The van der Waals surface area contributed by atoms with Crippen LogP contribution in [-0.2, 0) is 0 Å². The third kappa shape index (κ3) is 4.94. The fourth-order valence-corrected chi connectivity index (χ4v) is 2.80. The molecule has 17 heavy (non-hydrogen) atoms.